The highest BCUT2D eigenvalue weighted by atomic mass is 16.7. The molecular formula is C41H56O8. The van der Waals surface area contributed by atoms with Crippen LogP contribution in [0.2, 0.25) is 0 Å². The Morgan fingerprint density at radius 3 is 2.18 bits per heavy atom. The number of carbonyl (C=O) groups is 1. The number of allylic oxidation sites excluding steroid dienone is 2. The lowest BCUT2D eigenvalue weighted by Gasteiger charge is -2.11. The van der Waals surface area contributed by atoms with Crippen LogP contribution in [-0.4, -0.2) is 45.8 Å². The lowest BCUT2D eigenvalue weighted by atomic mass is 10.0. The number of hydrogen-bond donors (Lipinski definition) is 0. The quantitative estimate of drug-likeness (QED) is 0.0707. The van der Waals surface area contributed by atoms with Gasteiger partial charge in [0.15, 0.2) is 11.5 Å². The maximum Gasteiger partial charge on any atom is 0.310 e. The maximum absolute atomic E-state index is 12.4. The first-order chi connectivity index (χ1) is 23.7. The molecule has 2 aromatic carbocycles. The molecular weight excluding hydrogens is 620 g/mol. The van der Waals surface area contributed by atoms with Crippen molar-refractivity contribution in [3.8, 4) is 11.5 Å². The molecule has 1 aliphatic carbocycles. The standard InChI is InChI=1S/C22H26O3.C19H30O5/c1-15(2)10-19-20(22(19,3)4)21(23)25-14-17-12-18(24-13-17)11-16-8-6-5-7-9-16;1-3-5-7-20-8-9-21-10-11-22-14-17-13-19-18(23-15-24-19)12-16(17)6-4-2/h5-10,12-13,19-20H,11,14H2,1-4H3;12-13H,3-11,14-15H2,1-2H3. The van der Waals surface area contributed by atoms with Crippen molar-refractivity contribution < 1.29 is 37.6 Å². The number of ether oxygens (including phenoxy) is 6. The smallest absolute Gasteiger partial charge is 0.310 e. The summed E-state index contributed by atoms with van der Waals surface area (Å²) in [6, 6.07) is 16.2. The molecule has 5 rings (SSSR count). The fourth-order valence-corrected chi connectivity index (χ4v) is 5.96. The summed E-state index contributed by atoms with van der Waals surface area (Å²) in [6.45, 7) is 17.1. The third-order valence-electron chi connectivity index (χ3n) is 8.85. The van der Waals surface area contributed by atoms with Crippen LogP contribution >= 0.6 is 0 Å². The molecule has 8 nitrogen and oxygen atoms in total. The van der Waals surface area contributed by atoms with Gasteiger partial charge in [-0.2, -0.15) is 0 Å². The van der Waals surface area contributed by atoms with Crippen LogP contribution in [0.4, 0.5) is 0 Å². The summed E-state index contributed by atoms with van der Waals surface area (Å²) in [5.74, 6) is 2.66. The van der Waals surface area contributed by atoms with Gasteiger partial charge in [0.25, 0.3) is 0 Å². The molecule has 49 heavy (non-hydrogen) atoms. The number of fused-ring (bicyclic) bond motifs is 1. The molecule has 2 atom stereocenters. The van der Waals surface area contributed by atoms with E-state index in [0.29, 0.717) is 39.8 Å². The molecule has 1 aliphatic heterocycles. The van der Waals surface area contributed by atoms with Crippen LogP contribution < -0.4 is 9.47 Å². The summed E-state index contributed by atoms with van der Waals surface area (Å²) in [7, 11) is 0. The molecule has 0 N–H and O–H groups in total. The summed E-state index contributed by atoms with van der Waals surface area (Å²) in [6.07, 6.45) is 8.98. The van der Waals surface area contributed by atoms with Gasteiger partial charge in [0.05, 0.1) is 45.2 Å². The first-order valence-corrected chi connectivity index (χ1v) is 17.8. The largest absolute Gasteiger partial charge is 0.469 e. The molecule has 3 aromatic rings. The van der Waals surface area contributed by atoms with E-state index in [1.807, 2.05) is 30.3 Å². The number of benzene rings is 2. The van der Waals surface area contributed by atoms with Gasteiger partial charge >= 0.3 is 5.97 Å². The fraction of sp³-hybridized carbons (Fsp3) is 0.537. The number of carbonyl (C=O) groups excluding carboxylic acids is 1. The molecule has 2 aliphatic rings. The van der Waals surface area contributed by atoms with Crippen molar-refractivity contribution in [1.29, 1.82) is 0 Å². The van der Waals surface area contributed by atoms with E-state index in [2.05, 4.69) is 65.8 Å². The number of esters is 1. The number of furan rings is 1. The first kappa shape index (κ1) is 38.2. The summed E-state index contributed by atoms with van der Waals surface area (Å²) in [5.41, 5.74) is 5.77. The minimum Gasteiger partial charge on any atom is -0.469 e. The predicted octanol–water partition coefficient (Wildman–Crippen LogP) is 8.87. The highest BCUT2D eigenvalue weighted by Gasteiger charge is 2.61. The maximum atomic E-state index is 12.4. The van der Waals surface area contributed by atoms with E-state index < -0.39 is 0 Å². The molecule has 0 amide bonds. The highest BCUT2D eigenvalue weighted by molar-refractivity contribution is 5.78. The second-order valence-electron chi connectivity index (χ2n) is 13.6. The Labute approximate surface area is 293 Å². The molecule has 0 saturated heterocycles. The number of unbranched alkanes of at least 4 members (excludes halogenated alkanes) is 1. The Kier molecular flexibility index (Phi) is 15.3. The second kappa shape index (κ2) is 19.6. The lowest BCUT2D eigenvalue weighted by Crippen LogP contribution is -2.10. The minimum absolute atomic E-state index is 0.0107. The van der Waals surface area contributed by atoms with Crippen molar-refractivity contribution >= 4 is 5.97 Å². The SMILES string of the molecule is CC(C)=CC1C(C(=O)OCc2coc(Cc3ccccc3)c2)C1(C)C.CCCCOCCOCCOCc1cc2c(cc1CCC)OCO2. The van der Waals surface area contributed by atoms with Crippen molar-refractivity contribution in [1.82, 2.24) is 0 Å². The molecule has 2 heterocycles. The number of hydrogen-bond acceptors (Lipinski definition) is 8. The van der Waals surface area contributed by atoms with Crippen LogP contribution in [0.1, 0.15) is 88.8 Å². The fourth-order valence-electron chi connectivity index (χ4n) is 5.96. The van der Waals surface area contributed by atoms with Crippen LogP contribution in [-0.2, 0) is 49.8 Å². The van der Waals surface area contributed by atoms with Gasteiger partial charge in [-0.05, 0) is 72.9 Å². The lowest BCUT2D eigenvalue weighted by molar-refractivity contribution is -0.147. The minimum atomic E-state index is -0.113. The summed E-state index contributed by atoms with van der Waals surface area (Å²) in [4.78, 5) is 12.4. The average molecular weight is 677 g/mol. The topological polar surface area (TPSA) is 85.6 Å². The molecule has 1 fully saturated rings. The van der Waals surface area contributed by atoms with E-state index >= 15 is 0 Å². The van der Waals surface area contributed by atoms with Gasteiger partial charge < -0.3 is 32.8 Å². The monoisotopic (exact) mass is 676 g/mol. The summed E-state index contributed by atoms with van der Waals surface area (Å²) < 4.78 is 38.7. The first-order valence-electron chi connectivity index (χ1n) is 17.8. The Balaban J connectivity index is 0.000000221. The number of rotatable bonds is 19. The van der Waals surface area contributed by atoms with Gasteiger partial charge in [-0.15, -0.1) is 0 Å². The van der Waals surface area contributed by atoms with Gasteiger partial charge in [0.2, 0.25) is 6.79 Å². The van der Waals surface area contributed by atoms with Crippen LogP contribution in [0.25, 0.3) is 0 Å². The van der Waals surface area contributed by atoms with Crippen molar-refractivity contribution in [2.45, 2.75) is 86.9 Å². The van der Waals surface area contributed by atoms with E-state index in [0.717, 1.165) is 61.5 Å². The Bertz CT molecular complexity index is 1450. The third kappa shape index (κ3) is 12.1. The highest BCUT2D eigenvalue weighted by Crippen LogP contribution is 2.59. The number of aryl methyl sites for hydroxylation is 1. The Morgan fingerprint density at radius 2 is 1.51 bits per heavy atom. The predicted molar refractivity (Wildman–Crippen MR) is 191 cm³/mol. The molecule has 8 heteroatoms. The summed E-state index contributed by atoms with van der Waals surface area (Å²) >= 11 is 0. The van der Waals surface area contributed by atoms with Gasteiger partial charge in [-0.3, -0.25) is 4.79 Å². The zero-order valence-corrected chi connectivity index (χ0v) is 30.4. The Morgan fingerprint density at radius 1 is 0.837 bits per heavy atom. The van der Waals surface area contributed by atoms with Crippen LogP contribution in [0.3, 0.4) is 0 Å². The average Bonchev–Trinajstić information content (AvgIpc) is 3.45. The van der Waals surface area contributed by atoms with Crippen LogP contribution in [0.5, 0.6) is 11.5 Å². The van der Waals surface area contributed by atoms with Gasteiger partial charge in [-0.1, -0.05) is 82.5 Å². The van der Waals surface area contributed by atoms with E-state index in [4.69, 9.17) is 32.8 Å². The van der Waals surface area contributed by atoms with Crippen LogP contribution in [0.15, 0.2) is 70.9 Å². The van der Waals surface area contributed by atoms with Crippen molar-refractivity contribution in [3.05, 3.63) is 94.5 Å². The second-order valence-corrected chi connectivity index (χ2v) is 13.6. The van der Waals surface area contributed by atoms with Crippen molar-refractivity contribution in [3.63, 3.8) is 0 Å². The zero-order valence-electron chi connectivity index (χ0n) is 30.4. The van der Waals surface area contributed by atoms with Crippen LogP contribution in [0, 0.1) is 17.3 Å². The van der Waals surface area contributed by atoms with E-state index in [9.17, 15) is 4.79 Å². The van der Waals surface area contributed by atoms with Crippen molar-refractivity contribution in [2.24, 2.45) is 17.3 Å². The third-order valence-corrected chi connectivity index (χ3v) is 8.85. The van der Waals surface area contributed by atoms with Gasteiger partial charge in [-0.25, -0.2) is 0 Å². The molecule has 1 aromatic heterocycles. The molecule has 1 saturated carbocycles. The molecule has 0 radical (unpaired) electrons. The van der Waals surface area contributed by atoms with Crippen molar-refractivity contribution in [2.75, 3.05) is 39.8 Å². The van der Waals surface area contributed by atoms with E-state index in [-0.39, 0.29) is 29.8 Å². The molecule has 268 valence electrons. The molecule has 2 unspecified atom stereocenters. The van der Waals surface area contributed by atoms with E-state index in [1.165, 1.54) is 22.3 Å². The van der Waals surface area contributed by atoms with E-state index in [1.54, 1.807) is 6.26 Å². The van der Waals surface area contributed by atoms with Gasteiger partial charge in [0, 0.05) is 18.6 Å². The van der Waals surface area contributed by atoms with Gasteiger partial charge in [0.1, 0.15) is 12.4 Å². The normalized spacial score (nSPS) is 16.9. The Hall–Kier alpha value is -3.59. The molecule has 0 spiro atoms. The zero-order chi connectivity index (χ0) is 35.1. The summed E-state index contributed by atoms with van der Waals surface area (Å²) in [5, 5.41) is 0. The molecule has 0 bridgehead atoms.